The lowest BCUT2D eigenvalue weighted by Gasteiger charge is -2.17. The first kappa shape index (κ1) is 18.1. The number of hydrogen-bond acceptors (Lipinski definition) is 6. The molecular formula is C14H24NO5P. The summed E-state index contributed by atoms with van der Waals surface area (Å²) in [6.07, 6.45) is 8.01. The summed E-state index contributed by atoms with van der Waals surface area (Å²) in [5, 5.41) is 8.93. The van der Waals surface area contributed by atoms with E-state index in [0.29, 0.717) is 25.4 Å². The molecule has 7 heteroatoms. The molecule has 120 valence electrons. The summed E-state index contributed by atoms with van der Waals surface area (Å²) in [6.45, 7) is 5.98. The van der Waals surface area contributed by atoms with E-state index < -0.39 is 7.60 Å². The lowest BCUT2D eigenvalue weighted by molar-refractivity contribution is 0.146. The van der Waals surface area contributed by atoms with E-state index in [1.165, 1.54) is 0 Å². The molecule has 1 unspecified atom stereocenters. The largest absolute Gasteiger partial charge is 0.481 e. The Labute approximate surface area is 126 Å². The van der Waals surface area contributed by atoms with Gasteiger partial charge in [-0.05, 0) is 44.9 Å². The van der Waals surface area contributed by atoms with Crippen LogP contribution in [-0.4, -0.2) is 30.8 Å². The summed E-state index contributed by atoms with van der Waals surface area (Å²) in [6, 6.07) is -0.160. The van der Waals surface area contributed by atoms with Gasteiger partial charge in [0, 0.05) is 0 Å². The number of hydroxylamine groups is 1. The van der Waals surface area contributed by atoms with Crippen molar-refractivity contribution in [2.75, 3.05) is 19.6 Å². The Bertz CT molecular complexity index is 448. The van der Waals surface area contributed by atoms with Gasteiger partial charge in [0.05, 0.1) is 19.3 Å². The minimum absolute atomic E-state index is 0.117. The van der Waals surface area contributed by atoms with E-state index in [9.17, 15) is 4.57 Å². The zero-order chi connectivity index (χ0) is 15.7. The van der Waals surface area contributed by atoms with E-state index in [-0.39, 0.29) is 12.4 Å². The number of hydrogen-bond donors (Lipinski definition) is 2. The zero-order valence-corrected chi connectivity index (χ0v) is 13.6. The van der Waals surface area contributed by atoms with Crippen molar-refractivity contribution < 1.29 is 23.6 Å². The molecule has 21 heavy (non-hydrogen) atoms. The van der Waals surface area contributed by atoms with E-state index in [1.54, 1.807) is 19.9 Å². The highest BCUT2D eigenvalue weighted by Crippen LogP contribution is 2.48. The van der Waals surface area contributed by atoms with Gasteiger partial charge < -0.3 is 19.0 Å². The molecule has 0 aromatic carbocycles. The van der Waals surface area contributed by atoms with E-state index >= 15 is 0 Å². The fraction of sp³-hybridized carbons (Fsp3) is 0.571. The summed E-state index contributed by atoms with van der Waals surface area (Å²) in [4.78, 5) is 0. The normalized spacial score (nSPS) is 17.0. The second-order valence-electron chi connectivity index (χ2n) is 4.45. The van der Waals surface area contributed by atoms with Gasteiger partial charge >= 0.3 is 7.60 Å². The van der Waals surface area contributed by atoms with Crippen molar-refractivity contribution >= 4 is 7.60 Å². The van der Waals surface area contributed by atoms with Gasteiger partial charge in [0.25, 0.3) is 0 Å². The average molecular weight is 317 g/mol. The van der Waals surface area contributed by atoms with Crippen LogP contribution in [0.3, 0.4) is 0 Å². The lowest BCUT2D eigenvalue weighted by atomic mass is 10.1. The lowest BCUT2D eigenvalue weighted by Crippen LogP contribution is -2.23. The summed E-state index contributed by atoms with van der Waals surface area (Å²) in [5.41, 5.74) is 3.15. The molecule has 0 spiro atoms. The quantitative estimate of drug-likeness (QED) is 0.501. The van der Waals surface area contributed by atoms with Crippen LogP contribution in [0.1, 0.15) is 27.2 Å². The molecule has 0 aromatic rings. The molecule has 2 N–H and O–H groups in total. The van der Waals surface area contributed by atoms with Crippen LogP contribution >= 0.6 is 7.60 Å². The molecule has 0 amide bonds. The van der Waals surface area contributed by atoms with Crippen molar-refractivity contribution in [3.63, 3.8) is 0 Å². The minimum Gasteiger partial charge on any atom is -0.481 e. The average Bonchev–Trinajstić information content (AvgIpc) is 2.70. The second kappa shape index (κ2) is 9.18. The molecule has 0 saturated carbocycles. The van der Waals surface area contributed by atoms with Crippen molar-refractivity contribution in [2.45, 2.75) is 33.2 Å². The SMILES string of the molecule is CCOP(=O)(COC1=CCC=C(C(C)NO)C=C1)OCC. The minimum atomic E-state index is -3.21. The van der Waals surface area contributed by atoms with Gasteiger partial charge in [0.2, 0.25) is 0 Å². The number of nitrogens with one attached hydrogen (secondary N) is 1. The molecule has 0 bridgehead atoms. The molecular weight excluding hydrogens is 293 g/mol. The Morgan fingerprint density at radius 3 is 2.52 bits per heavy atom. The van der Waals surface area contributed by atoms with Crippen LogP contribution in [-0.2, 0) is 18.3 Å². The maximum Gasteiger partial charge on any atom is 0.367 e. The Balaban J connectivity index is 2.60. The summed E-state index contributed by atoms with van der Waals surface area (Å²) >= 11 is 0. The van der Waals surface area contributed by atoms with E-state index in [1.807, 2.05) is 25.2 Å². The predicted molar refractivity (Wildman–Crippen MR) is 81.1 cm³/mol. The van der Waals surface area contributed by atoms with Crippen molar-refractivity contribution in [3.05, 3.63) is 35.6 Å². The van der Waals surface area contributed by atoms with Gasteiger partial charge in [-0.3, -0.25) is 4.57 Å². The van der Waals surface area contributed by atoms with Crippen LogP contribution in [0.5, 0.6) is 0 Å². The van der Waals surface area contributed by atoms with Crippen molar-refractivity contribution in [1.82, 2.24) is 5.48 Å². The molecule has 1 aliphatic carbocycles. The van der Waals surface area contributed by atoms with E-state index in [2.05, 4.69) is 5.48 Å². The van der Waals surface area contributed by atoms with Crippen LogP contribution in [0, 0.1) is 0 Å². The smallest absolute Gasteiger partial charge is 0.367 e. The summed E-state index contributed by atoms with van der Waals surface area (Å²) in [7, 11) is -3.21. The van der Waals surface area contributed by atoms with Gasteiger partial charge in [-0.25, -0.2) is 0 Å². The van der Waals surface area contributed by atoms with Gasteiger partial charge in [0.1, 0.15) is 5.76 Å². The molecule has 0 aliphatic heterocycles. The number of ether oxygens (including phenoxy) is 1. The second-order valence-corrected chi connectivity index (χ2v) is 6.45. The van der Waals surface area contributed by atoms with Crippen LogP contribution in [0.15, 0.2) is 35.6 Å². The standard InChI is InChI=1S/C14H24NO5P/c1-4-19-21(17,20-5-2)11-18-14-8-6-7-13(9-10-14)12(3)15-16/h7-10,12,15-16H,4-6,11H2,1-3H3. The Hall–Kier alpha value is -0.910. The van der Waals surface area contributed by atoms with E-state index in [4.69, 9.17) is 19.0 Å². The van der Waals surface area contributed by atoms with Crippen LogP contribution < -0.4 is 5.48 Å². The van der Waals surface area contributed by atoms with Crippen LogP contribution in [0.25, 0.3) is 0 Å². The molecule has 1 aliphatic rings. The highest BCUT2D eigenvalue weighted by molar-refractivity contribution is 7.53. The van der Waals surface area contributed by atoms with Gasteiger partial charge in [-0.1, -0.05) is 12.2 Å². The first-order valence-electron chi connectivity index (χ1n) is 7.03. The molecule has 1 atom stereocenters. The molecule has 0 radical (unpaired) electrons. The van der Waals surface area contributed by atoms with Gasteiger partial charge in [0.15, 0.2) is 6.35 Å². The first-order chi connectivity index (χ1) is 10.0. The van der Waals surface area contributed by atoms with Crippen LogP contribution in [0.2, 0.25) is 0 Å². The monoisotopic (exact) mass is 317 g/mol. The summed E-state index contributed by atoms with van der Waals surface area (Å²) in [5.74, 6) is 0.603. The van der Waals surface area contributed by atoms with Crippen LogP contribution in [0.4, 0.5) is 0 Å². The van der Waals surface area contributed by atoms with Crippen molar-refractivity contribution in [2.24, 2.45) is 0 Å². The summed E-state index contributed by atoms with van der Waals surface area (Å²) < 4.78 is 28.2. The Kier molecular flexibility index (Phi) is 7.93. The van der Waals surface area contributed by atoms with E-state index in [0.717, 1.165) is 5.57 Å². The third kappa shape index (κ3) is 6.16. The van der Waals surface area contributed by atoms with Crippen molar-refractivity contribution in [1.29, 1.82) is 0 Å². The maximum absolute atomic E-state index is 12.3. The molecule has 0 heterocycles. The topological polar surface area (TPSA) is 77.0 Å². The van der Waals surface area contributed by atoms with Crippen molar-refractivity contribution in [3.8, 4) is 0 Å². The molecule has 6 nitrogen and oxygen atoms in total. The molecule has 1 rings (SSSR count). The fourth-order valence-electron chi connectivity index (χ4n) is 1.79. The molecule has 0 fully saturated rings. The third-order valence-corrected chi connectivity index (χ3v) is 4.60. The molecule has 0 saturated heterocycles. The predicted octanol–water partition coefficient (Wildman–Crippen LogP) is 3.36. The Morgan fingerprint density at radius 1 is 1.29 bits per heavy atom. The fourth-order valence-corrected chi connectivity index (χ4v) is 3.10. The highest BCUT2D eigenvalue weighted by atomic mass is 31.2. The first-order valence-corrected chi connectivity index (χ1v) is 8.76. The van der Waals surface area contributed by atoms with Gasteiger partial charge in [-0.15, -0.1) is 0 Å². The number of allylic oxidation sites excluding steroid dienone is 3. The molecule has 0 aromatic heterocycles. The third-order valence-electron chi connectivity index (χ3n) is 2.85. The maximum atomic E-state index is 12.3. The Morgan fingerprint density at radius 2 is 1.95 bits per heavy atom. The highest BCUT2D eigenvalue weighted by Gasteiger charge is 2.24. The number of rotatable bonds is 9. The zero-order valence-electron chi connectivity index (χ0n) is 12.7. The van der Waals surface area contributed by atoms with Gasteiger partial charge in [-0.2, -0.15) is 5.48 Å².